The average molecular weight is 294 g/mol. The van der Waals surface area contributed by atoms with Gasteiger partial charge < -0.3 is 5.32 Å². The van der Waals surface area contributed by atoms with Gasteiger partial charge in [0.2, 0.25) is 10.0 Å². The van der Waals surface area contributed by atoms with E-state index < -0.39 is 10.0 Å². The maximum absolute atomic E-state index is 12.6. The van der Waals surface area contributed by atoms with E-state index in [1.807, 2.05) is 6.07 Å². The molecule has 1 aromatic rings. The van der Waals surface area contributed by atoms with Crippen molar-refractivity contribution in [3.05, 3.63) is 30.3 Å². The highest BCUT2D eigenvalue weighted by Crippen LogP contribution is 2.25. The van der Waals surface area contributed by atoms with Gasteiger partial charge in [-0.05, 0) is 50.3 Å². The molecule has 1 saturated carbocycles. The molecular weight excluding hydrogens is 272 g/mol. The Hall–Kier alpha value is -0.910. The first-order chi connectivity index (χ1) is 9.66. The summed E-state index contributed by atoms with van der Waals surface area (Å²) >= 11 is 0. The molecule has 1 aromatic carbocycles. The molecule has 1 aliphatic carbocycles. The number of sulfonamides is 1. The van der Waals surface area contributed by atoms with Gasteiger partial charge in [-0.25, -0.2) is 8.42 Å². The Morgan fingerprint density at radius 2 is 1.90 bits per heavy atom. The van der Waals surface area contributed by atoms with E-state index in [4.69, 9.17) is 0 Å². The fourth-order valence-electron chi connectivity index (χ4n) is 2.77. The van der Waals surface area contributed by atoms with Crippen LogP contribution in [0.4, 0.5) is 0 Å². The highest BCUT2D eigenvalue weighted by molar-refractivity contribution is 7.89. The second-order valence-corrected chi connectivity index (χ2v) is 7.80. The molecule has 1 heterocycles. The van der Waals surface area contributed by atoms with Crippen LogP contribution < -0.4 is 5.32 Å². The van der Waals surface area contributed by atoms with Crippen molar-refractivity contribution in [2.75, 3.05) is 19.6 Å². The summed E-state index contributed by atoms with van der Waals surface area (Å²) in [7, 11) is -3.31. The van der Waals surface area contributed by atoms with Crippen LogP contribution in [0, 0.1) is 5.92 Å². The van der Waals surface area contributed by atoms with Crippen LogP contribution in [0.1, 0.15) is 25.7 Å². The van der Waals surface area contributed by atoms with E-state index >= 15 is 0 Å². The number of rotatable bonds is 5. The minimum atomic E-state index is -3.31. The minimum absolute atomic E-state index is 0.413. The maximum Gasteiger partial charge on any atom is 0.243 e. The molecule has 2 fully saturated rings. The van der Waals surface area contributed by atoms with Crippen LogP contribution in [-0.2, 0) is 10.0 Å². The molecule has 1 N–H and O–H groups in total. The second kappa shape index (κ2) is 5.84. The molecule has 0 amide bonds. The van der Waals surface area contributed by atoms with Crippen LogP contribution >= 0.6 is 0 Å². The fourth-order valence-corrected chi connectivity index (χ4v) is 4.35. The highest BCUT2D eigenvalue weighted by atomic mass is 32.2. The van der Waals surface area contributed by atoms with Crippen molar-refractivity contribution in [3.63, 3.8) is 0 Å². The average Bonchev–Trinajstić information content (AvgIpc) is 3.31. The predicted octanol–water partition coefficient (Wildman–Crippen LogP) is 1.84. The smallest absolute Gasteiger partial charge is 0.243 e. The lowest BCUT2D eigenvalue weighted by Crippen LogP contribution is -2.43. The first-order valence-electron chi connectivity index (χ1n) is 7.45. The quantitative estimate of drug-likeness (QED) is 0.901. The van der Waals surface area contributed by atoms with Gasteiger partial charge in [-0.2, -0.15) is 4.31 Å². The molecule has 1 atom stereocenters. The zero-order chi connectivity index (χ0) is 14.0. The summed E-state index contributed by atoms with van der Waals surface area (Å²) in [6, 6.07) is 9.46. The van der Waals surface area contributed by atoms with Gasteiger partial charge in [0.1, 0.15) is 0 Å². The van der Waals surface area contributed by atoms with Crippen molar-refractivity contribution >= 4 is 10.0 Å². The molecular formula is C15H22N2O2S. The number of hydrogen-bond acceptors (Lipinski definition) is 3. The maximum atomic E-state index is 12.6. The first-order valence-corrected chi connectivity index (χ1v) is 8.89. The van der Waals surface area contributed by atoms with E-state index in [0.717, 1.165) is 19.4 Å². The SMILES string of the molecule is O=S(=O)(c1ccccc1)N1CCCC(CNC2CC2)C1. The summed E-state index contributed by atoms with van der Waals surface area (Å²) in [6.45, 7) is 2.25. The van der Waals surface area contributed by atoms with Gasteiger partial charge in [0.05, 0.1) is 4.90 Å². The molecule has 2 aliphatic rings. The van der Waals surface area contributed by atoms with Gasteiger partial charge in [0.25, 0.3) is 0 Å². The summed E-state index contributed by atoms with van der Waals surface area (Å²) < 4.78 is 26.8. The third-order valence-corrected chi connectivity index (χ3v) is 6.01. The third-order valence-electron chi connectivity index (χ3n) is 4.14. The van der Waals surface area contributed by atoms with Crippen molar-refractivity contribution in [1.29, 1.82) is 0 Å². The largest absolute Gasteiger partial charge is 0.314 e. The van der Waals surface area contributed by atoms with Crippen LogP contribution in [0.15, 0.2) is 35.2 Å². The van der Waals surface area contributed by atoms with Crippen molar-refractivity contribution in [2.24, 2.45) is 5.92 Å². The van der Waals surface area contributed by atoms with Crippen LogP contribution in [-0.4, -0.2) is 38.4 Å². The van der Waals surface area contributed by atoms with Crippen LogP contribution in [0.25, 0.3) is 0 Å². The molecule has 0 radical (unpaired) electrons. The van der Waals surface area contributed by atoms with E-state index in [0.29, 0.717) is 29.9 Å². The van der Waals surface area contributed by atoms with Gasteiger partial charge in [-0.1, -0.05) is 18.2 Å². The van der Waals surface area contributed by atoms with Gasteiger partial charge >= 0.3 is 0 Å². The molecule has 0 aromatic heterocycles. The Morgan fingerprint density at radius 1 is 1.15 bits per heavy atom. The zero-order valence-electron chi connectivity index (χ0n) is 11.7. The molecule has 3 rings (SSSR count). The van der Waals surface area contributed by atoms with E-state index in [-0.39, 0.29) is 0 Å². The molecule has 1 aliphatic heterocycles. The van der Waals surface area contributed by atoms with Crippen LogP contribution in [0.3, 0.4) is 0 Å². The zero-order valence-corrected chi connectivity index (χ0v) is 12.5. The number of nitrogens with zero attached hydrogens (tertiary/aromatic N) is 1. The Balaban J connectivity index is 1.66. The van der Waals surface area contributed by atoms with Gasteiger partial charge in [0, 0.05) is 19.1 Å². The Labute approximate surface area is 121 Å². The summed E-state index contributed by atoms with van der Waals surface area (Å²) in [6.07, 6.45) is 4.64. The predicted molar refractivity (Wildman–Crippen MR) is 78.9 cm³/mol. The Morgan fingerprint density at radius 3 is 2.60 bits per heavy atom. The Kier molecular flexibility index (Phi) is 4.10. The Bertz CT molecular complexity index is 540. The molecule has 1 unspecified atom stereocenters. The van der Waals surface area contributed by atoms with Crippen molar-refractivity contribution in [3.8, 4) is 0 Å². The van der Waals surface area contributed by atoms with E-state index in [9.17, 15) is 8.42 Å². The molecule has 5 heteroatoms. The fraction of sp³-hybridized carbons (Fsp3) is 0.600. The number of nitrogens with one attached hydrogen (secondary N) is 1. The molecule has 20 heavy (non-hydrogen) atoms. The number of piperidine rings is 1. The monoisotopic (exact) mass is 294 g/mol. The van der Waals surface area contributed by atoms with Gasteiger partial charge in [0.15, 0.2) is 0 Å². The van der Waals surface area contributed by atoms with Crippen molar-refractivity contribution < 1.29 is 8.42 Å². The number of benzene rings is 1. The van der Waals surface area contributed by atoms with E-state index in [1.165, 1.54) is 12.8 Å². The highest BCUT2D eigenvalue weighted by Gasteiger charge is 2.31. The van der Waals surface area contributed by atoms with Gasteiger partial charge in [-0.15, -0.1) is 0 Å². The summed E-state index contributed by atoms with van der Waals surface area (Å²) in [4.78, 5) is 0.413. The first kappa shape index (κ1) is 14.0. The van der Waals surface area contributed by atoms with Crippen LogP contribution in [0.2, 0.25) is 0 Å². The second-order valence-electron chi connectivity index (χ2n) is 5.87. The summed E-state index contributed by atoms with van der Waals surface area (Å²) in [5, 5.41) is 3.52. The molecule has 110 valence electrons. The summed E-state index contributed by atoms with van der Waals surface area (Å²) in [5.74, 6) is 0.447. The summed E-state index contributed by atoms with van der Waals surface area (Å²) in [5.41, 5.74) is 0. The van der Waals surface area contributed by atoms with Crippen LogP contribution in [0.5, 0.6) is 0 Å². The number of hydrogen-bond donors (Lipinski definition) is 1. The normalized spacial score (nSPS) is 24.7. The van der Waals surface area contributed by atoms with E-state index in [2.05, 4.69) is 5.32 Å². The standard InChI is InChI=1S/C15H22N2O2S/c18-20(19,15-6-2-1-3-7-15)17-10-4-5-13(12-17)11-16-14-8-9-14/h1-3,6-7,13-14,16H,4-5,8-12H2. The lowest BCUT2D eigenvalue weighted by Gasteiger charge is -2.32. The lowest BCUT2D eigenvalue weighted by atomic mass is 10.00. The van der Waals surface area contributed by atoms with Crippen molar-refractivity contribution in [2.45, 2.75) is 36.6 Å². The van der Waals surface area contributed by atoms with Crippen molar-refractivity contribution in [1.82, 2.24) is 9.62 Å². The lowest BCUT2D eigenvalue weighted by molar-refractivity contribution is 0.259. The van der Waals surface area contributed by atoms with E-state index in [1.54, 1.807) is 28.6 Å². The molecule has 4 nitrogen and oxygen atoms in total. The third kappa shape index (κ3) is 3.22. The molecule has 0 bridgehead atoms. The van der Waals surface area contributed by atoms with Gasteiger partial charge in [-0.3, -0.25) is 0 Å². The topological polar surface area (TPSA) is 49.4 Å². The minimum Gasteiger partial charge on any atom is -0.314 e. The molecule has 0 spiro atoms. The molecule has 1 saturated heterocycles.